The summed E-state index contributed by atoms with van der Waals surface area (Å²) in [6.07, 6.45) is -3.27. The van der Waals surface area contributed by atoms with E-state index in [1.165, 1.54) is 24.5 Å². The van der Waals surface area contributed by atoms with Crippen LogP contribution in [0.15, 0.2) is 52.1 Å². The minimum Gasteiger partial charge on any atom is -0.467 e. The molecule has 0 aliphatic carbocycles. The van der Waals surface area contributed by atoms with Crippen molar-refractivity contribution in [2.75, 3.05) is 13.1 Å². The second kappa shape index (κ2) is 12.2. The minimum absolute atomic E-state index is 0. The Bertz CT molecular complexity index is 783. The molecule has 3 N–H and O–H groups in total. The number of halogens is 4. The quantitative estimate of drug-likeness (QED) is 0.280. The number of ether oxygens (including phenoxy) is 1. The van der Waals surface area contributed by atoms with Gasteiger partial charge >= 0.3 is 6.36 Å². The third-order valence-electron chi connectivity index (χ3n) is 3.41. The Kier molecular flexibility index (Phi) is 10.3. The van der Waals surface area contributed by atoms with Gasteiger partial charge in [-0.15, -0.1) is 37.1 Å². The van der Waals surface area contributed by atoms with E-state index in [1.54, 1.807) is 18.2 Å². The lowest BCUT2D eigenvalue weighted by Gasteiger charge is -2.14. The maximum atomic E-state index is 12.5. The van der Waals surface area contributed by atoms with E-state index in [0.29, 0.717) is 12.3 Å². The van der Waals surface area contributed by atoms with Crippen molar-refractivity contribution in [3.63, 3.8) is 0 Å². The predicted molar refractivity (Wildman–Crippen MR) is 112 cm³/mol. The topological polar surface area (TPSA) is 87.9 Å². The molecule has 0 radical (unpaired) electrons. The van der Waals surface area contributed by atoms with Gasteiger partial charge in [-0.05, 0) is 25.1 Å². The van der Waals surface area contributed by atoms with E-state index in [9.17, 15) is 18.0 Å². The van der Waals surface area contributed by atoms with Gasteiger partial charge in [-0.1, -0.05) is 18.2 Å². The van der Waals surface area contributed by atoms with Crippen LogP contribution in [-0.4, -0.2) is 31.3 Å². The van der Waals surface area contributed by atoms with Crippen LogP contribution in [0.4, 0.5) is 13.2 Å². The van der Waals surface area contributed by atoms with Crippen LogP contribution in [0.1, 0.15) is 18.2 Å². The summed E-state index contributed by atoms with van der Waals surface area (Å²) in [6.45, 7) is 2.47. The normalized spacial score (nSPS) is 11.4. The Labute approximate surface area is 183 Å². The van der Waals surface area contributed by atoms with Gasteiger partial charge in [0.05, 0.1) is 25.9 Å². The van der Waals surface area contributed by atoms with E-state index in [4.69, 9.17) is 4.42 Å². The van der Waals surface area contributed by atoms with E-state index >= 15 is 0 Å². The molecule has 7 nitrogen and oxygen atoms in total. The first-order valence-corrected chi connectivity index (χ1v) is 8.52. The van der Waals surface area contributed by atoms with E-state index in [0.717, 1.165) is 0 Å². The number of para-hydroxylation sites is 1. The molecule has 0 fully saturated rings. The molecule has 2 aromatic rings. The number of hydrogen-bond donors (Lipinski definition) is 3. The zero-order chi connectivity index (χ0) is 20.4. The van der Waals surface area contributed by atoms with E-state index in [2.05, 4.69) is 25.7 Å². The molecule has 1 heterocycles. The highest BCUT2D eigenvalue weighted by Gasteiger charge is 2.31. The number of carbonyl (C=O) groups is 1. The minimum atomic E-state index is -4.78. The van der Waals surface area contributed by atoms with Crippen molar-refractivity contribution in [2.24, 2.45) is 4.99 Å². The Hall–Kier alpha value is -2.44. The Morgan fingerprint density at radius 2 is 1.90 bits per heavy atom. The summed E-state index contributed by atoms with van der Waals surface area (Å²) in [6, 6.07) is 9.21. The molecule has 1 amide bonds. The molecule has 160 valence electrons. The molecule has 0 spiro atoms. The Balaban J connectivity index is 0.00000420. The van der Waals surface area contributed by atoms with E-state index in [1.807, 2.05) is 6.92 Å². The molecule has 0 atom stereocenters. The predicted octanol–water partition coefficient (Wildman–Crippen LogP) is 3.17. The van der Waals surface area contributed by atoms with Gasteiger partial charge in [0.15, 0.2) is 5.96 Å². The van der Waals surface area contributed by atoms with Gasteiger partial charge in [-0.25, -0.2) is 4.99 Å². The highest BCUT2D eigenvalue weighted by molar-refractivity contribution is 14.0. The van der Waals surface area contributed by atoms with Crippen molar-refractivity contribution in [3.05, 3.63) is 54.0 Å². The van der Waals surface area contributed by atoms with E-state index in [-0.39, 0.29) is 66.8 Å². The molecule has 0 unspecified atom stereocenters. The zero-order valence-corrected chi connectivity index (χ0v) is 17.9. The fraction of sp³-hybridized carbons (Fsp3) is 0.333. The van der Waals surface area contributed by atoms with Crippen LogP contribution in [0.3, 0.4) is 0 Å². The zero-order valence-electron chi connectivity index (χ0n) is 15.6. The lowest BCUT2D eigenvalue weighted by molar-refractivity contribution is -0.274. The van der Waals surface area contributed by atoms with Gasteiger partial charge < -0.3 is 25.1 Å². The van der Waals surface area contributed by atoms with Crippen molar-refractivity contribution in [1.82, 2.24) is 16.0 Å². The molecule has 1 aromatic carbocycles. The van der Waals surface area contributed by atoms with Gasteiger partial charge in [0.1, 0.15) is 11.5 Å². The van der Waals surface area contributed by atoms with Gasteiger partial charge in [-0.2, -0.15) is 0 Å². The number of nitrogens with one attached hydrogen (secondary N) is 3. The monoisotopic (exact) mass is 526 g/mol. The summed E-state index contributed by atoms with van der Waals surface area (Å²) < 4.78 is 46.6. The van der Waals surface area contributed by atoms with Crippen LogP contribution in [-0.2, 0) is 17.9 Å². The first-order chi connectivity index (χ1) is 13.4. The molecular formula is C18H22F3IN4O3. The summed E-state index contributed by atoms with van der Waals surface area (Å²) in [5.74, 6) is 0.307. The second-order valence-corrected chi connectivity index (χ2v) is 5.56. The Morgan fingerprint density at radius 3 is 2.55 bits per heavy atom. The van der Waals surface area contributed by atoms with Gasteiger partial charge in [0.25, 0.3) is 0 Å². The average molecular weight is 526 g/mol. The molecule has 2 rings (SSSR count). The first kappa shape index (κ1) is 24.6. The van der Waals surface area contributed by atoms with Gasteiger partial charge in [-0.3, -0.25) is 4.79 Å². The summed E-state index contributed by atoms with van der Waals surface area (Å²) in [4.78, 5) is 16.1. The van der Waals surface area contributed by atoms with Crippen molar-refractivity contribution >= 4 is 35.8 Å². The number of guanidine groups is 1. The molecule has 1 aromatic heterocycles. The standard InChI is InChI=1S/C18H21F3N4O3.HI/c1-2-22-17(25-12-16(26)23-11-14-7-5-9-27-14)24-10-13-6-3-4-8-15(13)28-18(19,20)21;/h3-9H,2,10-12H2,1H3,(H,23,26)(H2,22,24,25);1H. The highest BCUT2D eigenvalue weighted by atomic mass is 127. The molecule has 0 aliphatic heterocycles. The SMILES string of the molecule is CCNC(=NCc1ccccc1OC(F)(F)F)NCC(=O)NCc1ccco1.I. The number of nitrogens with zero attached hydrogens (tertiary/aromatic N) is 1. The smallest absolute Gasteiger partial charge is 0.467 e. The summed E-state index contributed by atoms with van der Waals surface area (Å²) in [7, 11) is 0. The van der Waals surface area contributed by atoms with Crippen molar-refractivity contribution in [3.8, 4) is 5.75 Å². The molecule has 29 heavy (non-hydrogen) atoms. The van der Waals surface area contributed by atoms with Gasteiger partial charge in [0.2, 0.25) is 5.91 Å². The third kappa shape index (κ3) is 9.54. The highest BCUT2D eigenvalue weighted by Crippen LogP contribution is 2.26. The molecule has 0 bridgehead atoms. The largest absolute Gasteiger partial charge is 0.573 e. The maximum Gasteiger partial charge on any atom is 0.573 e. The lowest BCUT2D eigenvalue weighted by Crippen LogP contribution is -2.43. The van der Waals surface area contributed by atoms with Crippen LogP contribution in [0.2, 0.25) is 0 Å². The van der Waals surface area contributed by atoms with Crippen LogP contribution in [0, 0.1) is 0 Å². The molecule has 11 heteroatoms. The fourth-order valence-corrected chi connectivity index (χ4v) is 2.19. The number of rotatable bonds is 8. The molecule has 0 saturated carbocycles. The number of furan rings is 1. The van der Waals surface area contributed by atoms with Gasteiger partial charge in [0, 0.05) is 12.1 Å². The van der Waals surface area contributed by atoms with Crippen molar-refractivity contribution in [1.29, 1.82) is 0 Å². The fourth-order valence-electron chi connectivity index (χ4n) is 2.19. The number of aliphatic imine (C=N–C) groups is 1. The van der Waals surface area contributed by atoms with Crippen molar-refractivity contribution in [2.45, 2.75) is 26.4 Å². The maximum absolute atomic E-state index is 12.5. The third-order valence-corrected chi connectivity index (χ3v) is 3.41. The molecule has 0 aliphatic rings. The molecular weight excluding hydrogens is 504 g/mol. The number of benzene rings is 1. The van der Waals surface area contributed by atoms with Crippen LogP contribution in [0.25, 0.3) is 0 Å². The summed E-state index contributed by atoms with van der Waals surface area (Å²) >= 11 is 0. The van der Waals surface area contributed by atoms with Crippen LogP contribution < -0.4 is 20.7 Å². The van der Waals surface area contributed by atoms with Crippen LogP contribution >= 0.6 is 24.0 Å². The number of hydrogen-bond acceptors (Lipinski definition) is 4. The number of alkyl halides is 3. The first-order valence-electron chi connectivity index (χ1n) is 8.52. The van der Waals surface area contributed by atoms with Crippen molar-refractivity contribution < 1.29 is 27.1 Å². The number of amides is 1. The average Bonchev–Trinajstić information content (AvgIpc) is 3.15. The lowest BCUT2D eigenvalue weighted by atomic mass is 10.2. The summed E-state index contributed by atoms with van der Waals surface area (Å²) in [5.41, 5.74) is 0.263. The van der Waals surface area contributed by atoms with E-state index < -0.39 is 6.36 Å². The second-order valence-electron chi connectivity index (χ2n) is 5.56. The van der Waals surface area contributed by atoms with Crippen LogP contribution in [0.5, 0.6) is 5.75 Å². The Morgan fingerprint density at radius 1 is 1.14 bits per heavy atom. The summed E-state index contributed by atoms with van der Waals surface area (Å²) in [5, 5.41) is 8.41. The number of carbonyl (C=O) groups excluding carboxylic acids is 1. The molecule has 0 saturated heterocycles.